The molecule has 3 rings (SSSR count). The van der Waals surface area contributed by atoms with E-state index in [0.29, 0.717) is 13.0 Å². The normalized spacial score (nSPS) is 11.9. The first-order chi connectivity index (χ1) is 13.6. The zero-order valence-electron chi connectivity index (χ0n) is 16.0. The third-order valence-corrected chi connectivity index (χ3v) is 4.59. The topological polar surface area (TPSA) is 49.8 Å². The fourth-order valence-corrected chi connectivity index (χ4v) is 3.13. The molecule has 0 radical (unpaired) electrons. The van der Waals surface area contributed by atoms with Crippen LogP contribution in [0.3, 0.4) is 0 Å². The zero-order chi connectivity index (χ0) is 19.8. The Bertz CT molecular complexity index is 863. The molecule has 4 nitrogen and oxygen atoms in total. The van der Waals surface area contributed by atoms with E-state index in [1.807, 2.05) is 67.7 Å². The lowest BCUT2D eigenvalue weighted by Crippen LogP contribution is -2.28. The van der Waals surface area contributed by atoms with Crippen LogP contribution in [0.25, 0.3) is 11.1 Å². The van der Waals surface area contributed by atoms with Crippen molar-refractivity contribution in [2.75, 3.05) is 20.1 Å². The number of ether oxygens (including phenoxy) is 1. The maximum Gasteiger partial charge on any atom is 0.317 e. The smallest absolute Gasteiger partial charge is 0.317 e. The van der Waals surface area contributed by atoms with Crippen molar-refractivity contribution in [2.24, 2.45) is 0 Å². The molecule has 1 atom stereocenters. The van der Waals surface area contributed by atoms with E-state index in [1.165, 1.54) is 5.56 Å². The number of rotatable bonds is 9. The molecule has 0 aliphatic heterocycles. The number of carboxylic acids is 1. The molecular weight excluding hydrogens is 350 g/mol. The summed E-state index contributed by atoms with van der Waals surface area (Å²) in [5.41, 5.74) is 3.40. The van der Waals surface area contributed by atoms with E-state index in [9.17, 15) is 4.79 Å². The van der Waals surface area contributed by atoms with E-state index in [1.54, 1.807) is 4.90 Å². The largest absolute Gasteiger partial charge is 0.486 e. The molecule has 0 unspecified atom stereocenters. The first-order valence-corrected chi connectivity index (χ1v) is 9.39. The van der Waals surface area contributed by atoms with Crippen molar-refractivity contribution in [3.8, 4) is 16.9 Å². The van der Waals surface area contributed by atoms with E-state index in [2.05, 4.69) is 24.3 Å². The van der Waals surface area contributed by atoms with Crippen LogP contribution in [-0.4, -0.2) is 36.1 Å². The molecule has 0 aromatic heterocycles. The number of hydrogen-bond acceptors (Lipinski definition) is 3. The van der Waals surface area contributed by atoms with Gasteiger partial charge in [-0.05, 0) is 35.9 Å². The van der Waals surface area contributed by atoms with Crippen LogP contribution in [0.15, 0.2) is 84.9 Å². The van der Waals surface area contributed by atoms with Gasteiger partial charge in [0.2, 0.25) is 0 Å². The average molecular weight is 375 g/mol. The maximum atomic E-state index is 10.9. The summed E-state index contributed by atoms with van der Waals surface area (Å²) in [6, 6.07) is 28.4. The molecule has 0 bridgehead atoms. The highest BCUT2D eigenvalue weighted by atomic mass is 16.5. The molecule has 0 aliphatic rings. The number of carbonyl (C=O) groups is 1. The Hall–Kier alpha value is -3.11. The van der Waals surface area contributed by atoms with Crippen LogP contribution in [0.4, 0.5) is 0 Å². The third kappa shape index (κ3) is 5.69. The van der Waals surface area contributed by atoms with Crippen LogP contribution in [0.2, 0.25) is 0 Å². The molecule has 144 valence electrons. The molecule has 1 N–H and O–H groups in total. The summed E-state index contributed by atoms with van der Waals surface area (Å²) >= 11 is 0. The first-order valence-electron chi connectivity index (χ1n) is 9.39. The van der Waals surface area contributed by atoms with Crippen molar-refractivity contribution >= 4 is 5.97 Å². The van der Waals surface area contributed by atoms with Crippen molar-refractivity contribution < 1.29 is 14.6 Å². The van der Waals surface area contributed by atoms with Gasteiger partial charge in [-0.1, -0.05) is 72.8 Å². The van der Waals surface area contributed by atoms with Crippen LogP contribution in [0.5, 0.6) is 5.75 Å². The molecule has 0 aliphatic carbocycles. The van der Waals surface area contributed by atoms with E-state index in [0.717, 1.165) is 16.9 Å². The lowest BCUT2D eigenvalue weighted by atomic mass is 10.0. The molecule has 0 fully saturated rings. The Balaban J connectivity index is 1.71. The lowest BCUT2D eigenvalue weighted by Gasteiger charge is -2.22. The van der Waals surface area contributed by atoms with Gasteiger partial charge >= 0.3 is 5.97 Å². The van der Waals surface area contributed by atoms with Gasteiger partial charge in [0.15, 0.2) is 0 Å². The van der Waals surface area contributed by atoms with Gasteiger partial charge in [-0.25, -0.2) is 0 Å². The van der Waals surface area contributed by atoms with Crippen molar-refractivity contribution in [3.05, 3.63) is 90.5 Å². The summed E-state index contributed by atoms with van der Waals surface area (Å²) in [6.45, 7) is 0.654. The number of nitrogens with zero attached hydrogens (tertiary/aromatic N) is 1. The fraction of sp³-hybridized carbons (Fsp3) is 0.208. The highest BCUT2D eigenvalue weighted by Crippen LogP contribution is 2.27. The van der Waals surface area contributed by atoms with Crippen LogP contribution in [-0.2, 0) is 4.79 Å². The molecule has 0 saturated heterocycles. The highest BCUT2D eigenvalue weighted by molar-refractivity contribution is 5.69. The standard InChI is InChI=1S/C24H25NO3/c1-25(18-24(26)27)17-16-23(21-10-6-3-7-11-21)28-22-14-12-20(13-15-22)19-8-4-2-5-9-19/h2-15,23H,16-18H2,1H3,(H,26,27)/t23-/m0/s1. The summed E-state index contributed by atoms with van der Waals surface area (Å²) in [4.78, 5) is 12.7. The Morgan fingerprint density at radius 1 is 0.893 bits per heavy atom. The van der Waals surface area contributed by atoms with Crippen LogP contribution >= 0.6 is 0 Å². The quantitative estimate of drug-likeness (QED) is 0.579. The molecule has 0 heterocycles. The second-order valence-electron chi connectivity index (χ2n) is 6.83. The Kier molecular flexibility index (Phi) is 6.82. The van der Waals surface area contributed by atoms with Gasteiger partial charge < -0.3 is 9.84 Å². The zero-order valence-corrected chi connectivity index (χ0v) is 16.0. The summed E-state index contributed by atoms with van der Waals surface area (Å²) < 4.78 is 6.27. The second-order valence-corrected chi connectivity index (χ2v) is 6.83. The van der Waals surface area contributed by atoms with Crippen LogP contribution in [0, 0.1) is 0 Å². The predicted molar refractivity (Wildman–Crippen MR) is 111 cm³/mol. The van der Waals surface area contributed by atoms with Crippen molar-refractivity contribution in [1.29, 1.82) is 0 Å². The van der Waals surface area contributed by atoms with Gasteiger partial charge in [-0.2, -0.15) is 0 Å². The second kappa shape index (κ2) is 9.72. The lowest BCUT2D eigenvalue weighted by molar-refractivity contribution is -0.138. The molecule has 3 aromatic rings. The van der Waals surface area contributed by atoms with Crippen molar-refractivity contribution in [1.82, 2.24) is 4.90 Å². The Morgan fingerprint density at radius 2 is 1.46 bits per heavy atom. The number of carboxylic acid groups (broad SMARTS) is 1. The number of benzene rings is 3. The summed E-state index contributed by atoms with van der Waals surface area (Å²) in [7, 11) is 1.81. The molecule has 0 amide bonds. The first kappa shape index (κ1) is 19.6. The minimum Gasteiger partial charge on any atom is -0.486 e. The third-order valence-electron chi connectivity index (χ3n) is 4.59. The number of aliphatic carboxylic acids is 1. The molecule has 3 aromatic carbocycles. The fourth-order valence-electron chi connectivity index (χ4n) is 3.13. The van der Waals surface area contributed by atoms with E-state index in [4.69, 9.17) is 9.84 Å². The molecular formula is C24H25NO3. The minimum atomic E-state index is -0.823. The summed E-state index contributed by atoms with van der Waals surface area (Å²) in [5.74, 6) is -0.0226. The Morgan fingerprint density at radius 3 is 2.07 bits per heavy atom. The van der Waals surface area contributed by atoms with Gasteiger partial charge in [0, 0.05) is 13.0 Å². The van der Waals surface area contributed by atoms with Crippen LogP contribution < -0.4 is 4.74 Å². The van der Waals surface area contributed by atoms with Gasteiger partial charge in [-0.15, -0.1) is 0 Å². The van der Waals surface area contributed by atoms with E-state index in [-0.39, 0.29) is 12.6 Å². The minimum absolute atomic E-state index is 0.0211. The van der Waals surface area contributed by atoms with Gasteiger partial charge in [-0.3, -0.25) is 9.69 Å². The highest BCUT2D eigenvalue weighted by Gasteiger charge is 2.15. The molecule has 4 heteroatoms. The number of hydrogen-bond donors (Lipinski definition) is 1. The summed E-state index contributed by atoms with van der Waals surface area (Å²) in [6.07, 6.45) is 0.564. The monoisotopic (exact) mass is 375 g/mol. The van der Waals surface area contributed by atoms with Gasteiger partial charge in [0.05, 0.1) is 6.54 Å². The molecule has 0 saturated carbocycles. The number of likely N-dealkylation sites (N-methyl/N-ethyl adjacent to an activating group) is 1. The van der Waals surface area contributed by atoms with Gasteiger partial charge in [0.1, 0.15) is 11.9 Å². The molecule has 28 heavy (non-hydrogen) atoms. The van der Waals surface area contributed by atoms with Gasteiger partial charge in [0.25, 0.3) is 0 Å². The Labute approximate surface area is 166 Å². The van der Waals surface area contributed by atoms with E-state index >= 15 is 0 Å². The average Bonchev–Trinajstić information content (AvgIpc) is 2.72. The van der Waals surface area contributed by atoms with Crippen molar-refractivity contribution in [2.45, 2.75) is 12.5 Å². The van der Waals surface area contributed by atoms with Crippen molar-refractivity contribution in [3.63, 3.8) is 0 Å². The molecule has 0 spiro atoms. The summed E-state index contributed by atoms with van der Waals surface area (Å²) in [5, 5.41) is 8.95. The SMILES string of the molecule is CN(CC[C@H](Oc1ccc(-c2ccccc2)cc1)c1ccccc1)CC(=O)O. The van der Waals surface area contributed by atoms with E-state index < -0.39 is 5.97 Å². The predicted octanol–water partition coefficient (Wildman–Crippen LogP) is 4.88. The maximum absolute atomic E-state index is 10.9. The van der Waals surface area contributed by atoms with Crippen LogP contribution in [0.1, 0.15) is 18.1 Å².